The van der Waals surface area contributed by atoms with Crippen molar-refractivity contribution in [3.05, 3.63) is 36.4 Å². The second-order valence-corrected chi connectivity index (χ2v) is 8.50. The van der Waals surface area contributed by atoms with Gasteiger partial charge < -0.3 is 9.64 Å². The van der Waals surface area contributed by atoms with Gasteiger partial charge in [0.1, 0.15) is 5.75 Å². The van der Waals surface area contributed by atoms with Crippen molar-refractivity contribution in [1.29, 1.82) is 0 Å². The molecular formula is C18H24N2O3S. The number of fused-ring (bicyclic) bond motifs is 1. The Labute approximate surface area is 143 Å². The highest BCUT2D eigenvalue weighted by Crippen LogP contribution is 2.34. The van der Waals surface area contributed by atoms with Crippen LogP contribution in [0, 0.1) is 5.92 Å². The summed E-state index contributed by atoms with van der Waals surface area (Å²) >= 11 is 0. The van der Waals surface area contributed by atoms with Gasteiger partial charge in [-0.2, -0.15) is 4.31 Å². The molecule has 0 bridgehead atoms. The Bertz CT molecular complexity index is 833. The lowest BCUT2D eigenvalue weighted by molar-refractivity contribution is 0.329. The summed E-state index contributed by atoms with van der Waals surface area (Å²) in [6.07, 6.45) is 0.908. The third-order valence-electron chi connectivity index (χ3n) is 4.55. The molecule has 0 amide bonds. The molecule has 1 saturated heterocycles. The topological polar surface area (TPSA) is 49.9 Å². The van der Waals surface area contributed by atoms with Crippen LogP contribution in [0.3, 0.4) is 0 Å². The van der Waals surface area contributed by atoms with Crippen molar-refractivity contribution in [3.8, 4) is 5.75 Å². The minimum atomic E-state index is -3.50. The molecule has 1 aliphatic rings. The fourth-order valence-corrected chi connectivity index (χ4v) is 5.19. The van der Waals surface area contributed by atoms with E-state index < -0.39 is 10.0 Å². The Balaban J connectivity index is 1.98. The molecule has 2 aromatic rings. The minimum absolute atomic E-state index is 0.365. The summed E-state index contributed by atoms with van der Waals surface area (Å²) in [5, 5.41) is 1.54. The van der Waals surface area contributed by atoms with E-state index >= 15 is 0 Å². The molecule has 1 aliphatic heterocycles. The average Bonchev–Trinajstić information content (AvgIpc) is 3.02. The van der Waals surface area contributed by atoms with Crippen LogP contribution in [-0.4, -0.2) is 58.5 Å². The Hall–Kier alpha value is -1.63. The van der Waals surface area contributed by atoms with Crippen molar-refractivity contribution < 1.29 is 13.2 Å². The SMILES string of the molecule is COc1ccc(S(=O)(=O)N2CC[C@H](CN(C)C)C2)c2ccccc12. The van der Waals surface area contributed by atoms with E-state index in [-0.39, 0.29) is 0 Å². The van der Waals surface area contributed by atoms with Gasteiger partial charge in [0.05, 0.1) is 12.0 Å². The molecule has 3 rings (SSSR count). The molecule has 5 nitrogen and oxygen atoms in total. The molecule has 1 fully saturated rings. The maximum Gasteiger partial charge on any atom is 0.243 e. The van der Waals surface area contributed by atoms with Gasteiger partial charge in [0, 0.05) is 30.4 Å². The molecule has 1 heterocycles. The largest absolute Gasteiger partial charge is 0.496 e. The second kappa shape index (κ2) is 6.70. The van der Waals surface area contributed by atoms with E-state index in [1.165, 1.54) is 0 Å². The highest BCUT2D eigenvalue weighted by atomic mass is 32.2. The number of nitrogens with zero attached hydrogens (tertiary/aromatic N) is 2. The van der Waals surface area contributed by atoms with E-state index in [4.69, 9.17) is 4.74 Å². The second-order valence-electron chi connectivity index (χ2n) is 6.59. The lowest BCUT2D eigenvalue weighted by Gasteiger charge is -2.20. The number of benzene rings is 2. The van der Waals surface area contributed by atoms with Gasteiger partial charge in [-0.15, -0.1) is 0 Å². The molecular weight excluding hydrogens is 324 g/mol. The zero-order valence-corrected chi connectivity index (χ0v) is 15.2. The molecule has 130 valence electrons. The van der Waals surface area contributed by atoms with Gasteiger partial charge >= 0.3 is 0 Å². The maximum atomic E-state index is 13.2. The molecule has 0 unspecified atom stereocenters. The molecule has 6 heteroatoms. The summed E-state index contributed by atoms with van der Waals surface area (Å²) in [5.74, 6) is 1.08. The first-order valence-corrected chi connectivity index (χ1v) is 9.58. The summed E-state index contributed by atoms with van der Waals surface area (Å²) in [4.78, 5) is 2.48. The monoisotopic (exact) mass is 348 g/mol. The molecule has 0 aromatic heterocycles. The van der Waals surface area contributed by atoms with Crippen LogP contribution in [0.25, 0.3) is 10.8 Å². The molecule has 0 spiro atoms. The Morgan fingerprint density at radius 1 is 1.17 bits per heavy atom. The Morgan fingerprint density at radius 2 is 1.88 bits per heavy atom. The van der Waals surface area contributed by atoms with Crippen LogP contribution in [0.2, 0.25) is 0 Å². The molecule has 0 aliphatic carbocycles. The van der Waals surface area contributed by atoms with E-state index in [9.17, 15) is 8.42 Å². The van der Waals surface area contributed by atoms with Crippen LogP contribution in [0.4, 0.5) is 0 Å². The smallest absolute Gasteiger partial charge is 0.243 e. The quantitative estimate of drug-likeness (QED) is 0.833. The van der Waals surface area contributed by atoms with Gasteiger partial charge in [-0.1, -0.05) is 24.3 Å². The first-order chi connectivity index (χ1) is 11.4. The van der Waals surface area contributed by atoms with Crippen molar-refractivity contribution in [2.75, 3.05) is 40.8 Å². The zero-order chi connectivity index (χ0) is 17.3. The normalized spacial score (nSPS) is 19.2. The standard InChI is InChI=1S/C18H24N2O3S/c1-19(2)12-14-10-11-20(13-14)24(21,22)18-9-8-17(23-3)15-6-4-5-7-16(15)18/h4-9,14H,10-13H2,1-3H3/t14-/m1/s1. The predicted octanol–water partition coefficient (Wildman–Crippen LogP) is 2.42. The lowest BCUT2D eigenvalue weighted by Crippen LogP contribution is -2.31. The maximum absolute atomic E-state index is 13.2. The van der Waals surface area contributed by atoms with Gasteiger partial charge in [0.15, 0.2) is 0 Å². The van der Waals surface area contributed by atoms with E-state index in [0.29, 0.717) is 35.0 Å². The van der Waals surface area contributed by atoms with Gasteiger partial charge in [0.25, 0.3) is 0 Å². The third-order valence-corrected chi connectivity index (χ3v) is 6.48. The number of sulfonamides is 1. The first kappa shape index (κ1) is 17.2. The summed E-state index contributed by atoms with van der Waals surface area (Å²) in [7, 11) is 2.14. The third kappa shape index (κ3) is 3.14. The molecule has 0 radical (unpaired) electrons. The van der Waals surface area contributed by atoms with Gasteiger partial charge in [-0.25, -0.2) is 8.42 Å². The first-order valence-electron chi connectivity index (χ1n) is 8.14. The van der Waals surface area contributed by atoms with Crippen LogP contribution in [0.15, 0.2) is 41.3 Å². The molecule has 1 atom stereocenters. The number of hydrogen-bond donors (Lipinski definition) is 0. The fraction of sp³-hybridized carbons (Fsp3) is 0.444. The average molecular weight is 348 g/mol. The lowest BCUT2D eigenvalue weighted by atomic mass is 10.1. The number of ether oxygens (including phenoxy) is 1. The number of hydrogen-bond acceptors (Lipinski definition) is 4. The highest BCUT2D eigenvalue weighted by molar-refractivity contribution is 7.89. The van der Waals surface area contributed by atoms with Crippen molar-refractivity contribution in [2.24, 2.45) is 5.92 Å². The van der Waals surface area contributed by atoms with Gasteiger partial charge in [-0.3, -0.25) is 0 Å². The zero-order valence-electron chi connectivity index (χ0n) is 14.4. The fourth-order valence-electron chi connectivity index (χ4n) is 3.47. The van der Waals surface area contributed by atoms with E-state index in [2.05, 4.69) is 4.90 Å². The van der Waals surface area contributed by atoms with Crippen LogP contribution in [0.1, 0.15) is 6.42 Å². The van der Waals surface area contributed by atoms with Crippen molar-refractivity contribution in [1.82, 2.24) is 9.21 Å². The summed E-state index contributed by atoms with van der Waals surface area (Å²) in [6.45, 7) is 2.08. The molecule has 24 heavy (non-hydrogen) atoms. The van der Waals surface area contributed by atoms with Crippen molar-refractivity contribution in [3.63, 3.8) is 0 Å². The van der Waals surface area contributed by atoms with E-state index in [1.54, 1.807) is 23.5 Å². The summed E-state index contributed by atoms with van der Waals surface area (Å²) in [5.41, 5.74) is 0. The van der Waals surface area contributed by atoms with Crippen LogP contribution >= 0.6 is 0 Å². The van der Waals surface area contributed by atoms with Crippen molar-refractivity contribution >= 4 is 20.8 Å². The van der Waals surface area contributed by atoms with Gasteiger partial charge in [0.2, 0.25) is 10.0 Å². The molecule has 2 aromatic carbocycles. The number of rotatable bonds is 5. The molecule has 0 saturated carbocycles. The highest BCUT2D eigenvalue weighted by Gasteiger charge is 2.33. The van der Waals surface area contributed by atoms with Crippen molar-refractivity contribution in [2.45, 2.75) is 11.3 Å². The predicted molar refractivity (Wildman–Crippen MR) is 95.9 cm³/mol. The summed E-state index contributed by atoms with van der Waals surface area (Å²) < 4.78 is 33.3. The summed E-state index contributed by atoms with van der Waals surface area (Å²) in [6, 6.07) is 10.9. The Morgan fingerprint density at radius 3 is 2.54 bits per heavy atom. The Kier molecular flexibility index (Phi) is 4.80. The molecule has 0 N–H and O–H groups in total. The van der Waals surface area contributed by atoms with Crippen LogP contribution in [0.5, 0.6) is 5.75 Å². The van der Waals surface area contributed by atoms with E-state index in [1.807, 2.05) is 38.4 Å². The van der Waals surface area contributed by atoms with Gasteiger partial charge in [-0.05, 0) is 38.6 Å². The van der Waals surface area contributed by atoms with Crippen LogP contribution in [-0.2, 0) is 10.0 Å². The number of methoxy groups -OCH3 is 1. The van der Waals surface area contributed by atoms with Crippen LogP contribution < -0.4 is 4.74 Å². The van der Waals surface area contributed by atoms with E-state index in [0.717, 1.165) is 18.4 Å². The minimum Gasteiger partial charge on any atom is -0.496 e.